The number of allylic oxidation sites excluding steroid dienone is 17. The third-order valence-electron chi connectivity index (χ3n) is 23.8. The van der Waals surface area contributed by atoms with Gasteiger partial charge in [-0.15, -0.1) is 12.4 Å². The van der Waals surface area contributed by atoms with E-state index < -0.39 is 41.0 Å². The number of aldehydes is 3. The van der Waals surface area contributed by atoms with Gasteiger partial charge < -0.3 is 58.0 Å². The molecule has 0 aromatic carbocycles. The summed E-state index contributed by atoms with van der Waals surface area (Å²) in [6.07, 6.45) is 46.0. The second-order valence-corrected chi connectivity index (χ2v) is 45.2. The average Bonchev–Trinajstić information content (AvgIpc) is 0.843. The quantitative estimate of drug-likeness (QED) is 0.00506. The molecular weight excluding hydrogens is 2420 g/mol. The van der Waals surface area contributed by atoms with Gasteiger partial charge in [-0.25, -0.2) is 14.4 Å². The molecule has 20 nitrogen and oxygen atoms in total. The van der Waals surface area contributed by atoms with Crippen LogP contribution in [-0.4, -0.2) is 138 Å². The molecule has 0 fully saturated rings. The third-order valence-corrected chi connectivity index (χ3v) is 27.6. The number of aliphatic hydroxyl groups is 4. The van der Waals surface area contributed by atoms with Crippen molar-refractivity contribution in [3.8, 4) is 0 Å². The molecule has 0 radical (unpaired) electrons. The van der Waals surface area contributed by atoms with Crippen LogP contribution in [0, 0.1) is 107 Å². The summed E-state index contributed by atoms with van der Waals surface area (Å²) in [5.74, 6) is 8.74. The summed E-state index contributed by atoms with van der Waals surface area (Å²) in [5.41, 5.74) is 8.14. The predicted octanol–water partition coefficient (Wildman–Crippen LogP) is 34.6. The van der Waals surface area contributed by atoms with E-state index in [4.69, 9.17) is 43.2 Å². The van der Waals surface area contributed by atoms with E-state index in [1.54, 1.807) is 34.6 Å². The molecule has 0 aliphatic heterocycles. The number of esters is 4. The number of rotatable bonds is 53. The van der Waals surface area contributed by atoms with Crippen LogP contribution in [0.1, 0.15) is 359 Å². The molecule has 0 heterocycles. The van der Waals surface area contributed by atoms with Crippen LogP contribution in [0.25, 0.3) is 0 Å². The molecule has 21 atom stereocenters. The Hall–Kier alpha value is -2.22. The van der Waals surface area contributed by atoms with E-state index in [0.29, 0.717) is 133 Å². The van der Waals surface area contributed by atoms with Gasteiger partial charge in [0.15, 0.2) is 24.5 Å². The summed E-state index contributed by atoms with van der Waals surface area (Å²) >= 11 is 11.8. The molecule has 145 heavy (non-hydrogen) atoms. The molecule has 0 aromatic heterocycles. The minimum absolute atomic E-state index is 0. The summed E-state index contributed by atoms with van der Waals surface area (Å²) in [6, 6.07) is 0. The summed E-state index contributed by atoms with van der Waals surface area (Å²) in [7, 11) is 2.49. The Kier molecular flexibility index (Phi) is 152. The SMILES string of the molecule is C=C(C)C(=O)OCC.CC(/C=C\I)=C\[C@H](C)[C@@H](C)CC=O.CC(/C=C\I)=C\[C@H](C)[C@@H](C)CCO.CCC[C@H](C)[C@@H](C)/C=C(C)/C=C\I.CCC[C@H](C)[C@@H](C)/C=C(\C)C(=O)OCC.CCC[C@H](C)[C@@H](C)/C=C(\C)C=O.CCC[C@H](C)[C@@H](C)/C=C(\C)CO.CCC[C@H](C)[C@@H](C)C=O.CCC[C@H](C)[C@@H](C)CO.CCOP(=O)(OCC)C(C)C(=O)OC.CO.COC(=O)/C(C)=C\C[C@H](C)[C@@H](C)/C=C(C)/C=C\I.Cl.[3H][P+](P)=S.[O]=[Mn]=[O]. The van der Waals surface area contributed by atoms with Gasteiger partial charge in [-0.3, -0.25) is 14.2 Å². The maximum atomic E-state index is 12.0. The number of hydrogen-bond acceptors (Lipinski definition) is 21. The Labute approximate surface area is 967 Å². The molecule has 857 valence electrons. The number of aliphatic hydroxyl groups excluding tert-OH is 4. The first-order valence-corrected chi connectivity index (χ1v) is 62.7. The first kappa shape index (κ1) is 173. The van der Waals surface area contributed by atoms with Crippen molar-refractivity contribution in [3.05, 3.63) is 146 Å². The minimum atomic E-state index is -3.36. The van der Waals surface area contributed by atoms with E-state index >= 15 is 0 Å². The van der Waals surface area contributed by atoms with E-state index in [1.165, 1.54) is 120 Å². The summed E-state index contributed by atoms with van der Waals surface area (Å²) in [5, 5.41) is 33.3. The topological polar surface area (TPSA) is 307 Å². The van der Waals surface area contributed by atoms with Gasteiger partial charge in [0, 0.05) is 49.4 Å². The van der Waals surface area contributed by atoms with Crippen molar-refractivity contribution in [2.45, 2.75) is 365 Å². The molecule has 0 rings (SSSR count). The molecule has 0 spiro atoms. The average molecular weight is 2640 g/mol. The fraction of sp³-hybridized carbons (Fsp3) is 0.713. The number of ether oxygens (including phenoxy) is 4. The molecule has 0 saturated carbocycles. The Balaban J connectivity index is -0.0000000990. The van der Waals surface area contributed by atoms with Crippen molar-refractivity contribution in [1.82, 2.24) is 0 Å². The molecule has 0 aliphatic carbocycles. The Morgan fingerprint density at radius 1 is 0.421 bits per heavy atom. The van der Waals surface area contributed by atoms with Gasteiger partial charge in [0.25, 0.3) is 0 Å². The van der Waals surface area contributed by atoms with Gasteiger partial charge in [0.1, 0.15) is 18.9 Å². The molecule has 0 aliphatic rings. The van der Waals surface area contributed by atoms with Crippen LogP contribution in [0.3, 0.4) is 0 Å². The fourth-order valence-corrected chi connectivity index (χ4v) is 16.4. The normalized spacial score (nSPS) is 15.7. The van der Waals surface area contributed by atoms with Gasteiger partial charge in [-0.05, 0) is 232 Å². The zero-order chi connectivity index (χ0) is 116. The van der Waals surface area contributed by atoms with Gasteiger partial charge in [-0.1, -0.05) is 441 Å². The zero-order valence-corrected chi connectivity index (χ0v) is 113. The van der Waals surface area contributed by atoms with Gasteiger partial charge in [0.05, 0.1) is 56.2 Å². The second kappa shape index (κ2) is 127. The number of halogens is 5. The fourth-order valence-electron chi connectivity index (χ4n) is 12.6. The van der Waals surface area contributed by atoms with E-state index in [2.05, 4.69) is 384 Å². The monoisotopic (exact) mass is 2640 g/mol. The number of carbonyl (C=O) groups is 7. The van der Waals surface area contributed by atoms with Crippen LogP contribution >= 0.6 is 126 Å². The summed E-state index contributed by atoms with van der Waals surface area (Å²) in [4.78, 5) is 75.1. The molecule has 0 bridgehead atoms. The summed E-state index contributed by atoms with van der Waals surface area (Å²) < 4.78 is 71.9. The Morgan fingerprint density at radius 2 is 0.703 bits per heavy atom. The molecule has 0 saturated heterocycles. The van der Waals surface area contributed by atoms with Gasteiger partial charge in [-0.2, -0.15) is 0 Å². The number of methoxy groups -OCH3 is 2. The number of hydrogen-bond donors (Lipinski definition) is 4. The van der Waals surface area contributed by atoms with Crippen molar-refractivity contribution in [2.75, 3.05) is 67.6 Å². The molecule has 30 heteroatoms. The van der Waals surface area contributed by atoms with E-state index in [1.807, 2.05) is 59.0 Å². The molecule has 0 amide bonds. The molecular formula is C115H215ClI4MnO20P3S+. The van der Waals surface area contributed by atoms with Crippen LogP contribution in [0.4, 0.5) is 0 Å². The molecule has 4 N–H and O–H groups in total. The van der Waals surface area contributed by atoms with Gasteiger partial charge in [0.2, 0.25) is 0 Å². The molecule has 3 unspecified atom stereocenters. The second-order valence-electron chi connectivity index (χ2n) is 37.1. The van der Waals surface area contributed by atoms with Crippen LogP contribution < -0.4 is 0 Å². The number of carbonyl (C=O) groups excluding carboxylic acids is 7. The van der Waals surface area contributed by atoms with Crippen molar-refractivity contribution >= 4 is 181 Å². The Morgan fingerprint density at radius 3 is 0.952 bits per heavy atom. The van der Waals surface area contributed by atoms with Gasteiger partial charge >= 0.3 is 55.2 Å². The third kappa shape index (κ3) is 122. The maximum absolute atomic E-state index is 12.0. The van der Waals surface area contributed by atoms with Crippen LogP contribution in [0.15, 0.2) is 146 Å². The van der Waals surface area contributed by atoms with Crippen LogP contribution in [0.2, 0.25) is 0 Å². The van der Waals surface area contributed by atoms with Crippen LogP contribution in [0.5, 0.6) is 0 Å². The first-order chi connectivity index (χ1) is 67.8. The van der Waals surface area contributed by atoms with E-state index in [9.17, 15) is 38.1 Å². The van der Waals surface area contributed by atoms with E-state index in [0.717, 1.165) is 67.4 Å². The molecule has 0 aromatic rings. The first-order valence-electron chi connectivity index (χ1n) is 52.0. The Bertz CT molecular complexity index is 3610. The van der Waals surface area contributed by atoms with E-state index in [-0.39, 0.29) is 56.1 Å². The van der Waals surface area contributed by atoms with Crippen molar-refractivity contribution < 1.29 is 109 Å². The van der Waals surface area contributed by atoms with Crippen molar-refractivity contribution in [2.24, 2.45) is 107 Å². The standard InChI is InChI=1S/C15H23IO2.C13H24O2.C12H21I.C11H19IO.C11H17IO.C11H22O.C11H20O.C8H17O5P.C8H18O.C8H16O.C6H10O2.CH4O.ClH.Mn.2O.H2P2S/c1-11(8-9-16)10-14(4)12(2)6-7-13(3)15(17)18-5;1-6-8-10(3)11(4)9-12(5)13(14)15-7-2;1-5-6-11(3)12(4)9-10(2)7-8-13;2*1-9(4-6-12)8-11(3)10(2)5-7-13;2*1-5-6-10(3)11(4)7-9(2)8-12;1-5-12-14(10,13-6-2)7(3)8(9)11-4;2*1-4-5-7(2)8(3)6-9;1-4-8-6(7)5(2)3;1-2;;;;;1-2-3/h7-10,12,14H,6H2,1-5H3;9-11H,6-8H2,1-5H3;7-9,11-12H,5-6H2,1-4H3;4,6,8,10-11,13H,5,7H2,1-3H3;4,6-8,10-11H,5H2,1-3H3;7,10-12H,5-6,8H2,1-4H3;7-8,10-11H,5-6H2,1-4H3;7H,5-6H2,1-4H3;7-9H,4-6H2,1-3H3;6-8H,4-5H2,1-3H3;2,4H2,1,3H3;2H,1H3;1H;;;;1H2/p+1/b9-8-,11-10+,13-7-;12-9+;8-7-,10-9+;2*6-4-,9-8+;2*9-7+;;;;;;;;;;/t12-,14-;10-,11-;11-,12-;4*10-,11-;;2*7-,8-;;;;;;;/m0000000.00......./s1/i/hT. The van der Waals surface area contributed by atoms with Crippen molar-refractivity contribution in [3.63, 3.8) is 0 Å². The summed E-state index contributed by atoms with van der Waals surface area (Å²) in [6.45, 7) is 83.2. The zero-order valence-electron chi connectivity index (χ0n) is 99.2. The van der Waals surface area contributed by atoms with Crippen molar-refractivity contribution in [1.29, 1.82) is 1.28 Å². The predicted molar refractivity (Wildman–Crippen MR) is 665 cm³/mol. The van der Waals surface area contributed by atoms with Crippen LogP contribution in [-0.2, 0) is 100 Å².